The van der Waals surface area contributed by atoms with Gasteiger partial charge >= 0.3 is 0 Å². The van der Waals surface area contributed by atoms with Crippen LogP contribution in [0.1, 0.15) is 11.1 Å². The highest BCUT2D eigenvalue weighted by molar-refractivity contribution is 5.50. The van der Waals surface area contributed by atoms with E-state index in [1.54, 1.807) is 24.3 Å². The van der Waals surface area contributed by atoms with Crippen molar-refractivity contribution in [3.8, 4) is 0 Å². The van der Waals surface area contributed by atoms with Crippen LogP contribution in [-0.4, -0.2) is 18.6 Å². The van der Waals surface area contributed by atoms with Gasteiger partial charge in [-0.3, -0.25) is 4.98 Å². The molecule has 1 heterocycles. The molecule has 0 fully saturated rings. The van der Waals surface area contributed by atoms with E-state index in [0.29, 0.717) is 18.5 Å². The van der Waals surface area contributed by atoms with Gasteiger partial charge in [0, 0.05) is 32.5 Å². The van der Waals surface area contributed by atoms with E-state index in [4.69, 9.17) is 5.73 Å². The number of pyridine rings is 1. The second kappa shape index (κ2) is 6.43. The van der Waals surface area contributed by atoms with Crippen molar-refractivity contribution in [1.29, 1.82) is 0 Å². The van der Waals surface area contributed by atoms with Crippen LogP contribution in [0.15, 0.2) is 36.7 Å². The van der Waals surface area contributed by atoms with Crippen molar-refractivity contribution in [2.45, 2.75) is 13.0 Å². The van der Waals surface area contributed by atoms with E-state index in [1.165, 1.54) is 12.1 Å². The van der Waals surface area contributed by atoms with Crippen LogP contribution in [0.5, 0.6) is 0 Å². The van der Waals surface area contributed by atoms with Crippen LogP contribution >= 0.6 is 0 Å². The molecular formula is C15H17F2N3. The van der Waals surface area contributed by atoms with Crippen LogP contribution in [0.25, 0.3) is 0 Å². The normalized spacial score (nSPS) is 10.6. The summed E-state index contributed by atoms with van der Waals surface area (Å²) in [6.07, 6.45) is 4.09. The summed E-state index contributed by atoms with van der Waals surface area (Å²) >= 11 is 0. The van der Waals surface area contributed by atoms with Crippen LogP contribution < -0.4 is 10.6 Å². The van der Waals surface area contributed by atoms with Gasteiger partial charge in [0.1, 0.15) is 17.3 Å². The quantitative estimate of drug-likeness (QED) is 0.913. The first-order valence-electron chi connectivity index (χ1n) is 6.40. The number of anilines is 1. The molecule has 0 unspecified atom stereocenters. The molecule has 1 aromatic carbocycles. The molecule has 0 bridgehead atoms. The van der Waals surface area contributed by atoms with Crippen molar-refractivity contribution in [2.75, 3.05) is 18.5 Å². The number of nitrogens with zero attached hydrogens (tertiary/aromatic N) is 2. The van der Waals surface area contributed by atoms with Gasteiger partial charge in [0.05, 0.1) is 0 Å². The minimum atomic E-state index is -0.581. The van der Waals surface area contributed by atoms with Crippen LogP contribution in [0.2, 0.25) is 0 Å². The number of benzene rings is 1. The second-order valence-corrected chi connectivity index (χ2v) is 4.64. The largest absolute Gasteiger partial charge is 0.370 e. The minimum Gasteiger partial charge on any atom is -0.370 e. The lowest BCUT2D eigenvalue weighted by atomic mass is 10.1. The number of hydrogen-bond acceptors (Lipinski definition) is 3. The van der Waals surface area contributed by atoms with Crippen LogP contribution in [0.4, 0.5) is 14.5 Å². The third kappa shape index (κ3) is 3.30. The summed E-state index contributed by atoms with van der Waals surface area (Å²) < 4.78 is 27.9. The molecule has 1 aromatic heterocycles. The fourth-order valence-corrected chi connectivity index (χ4v) is 2.06. The molecule has 2 rings (SSSR count). The summed E-state index contributed by atoms with van der Waals surface area (Å²) in [6.45, 7) is 0.634. The monoisotopic (exact) mass is 277 g/mol. The Balaban J connectivity index is 2.11. The smallest absolute Gasteiger partial charge is 0.149 e. The second-order valence-electron chi connectivity index (χ2n) is 4.64. The maximum atomic E-state index is 13.9. The number of rotatable bonds is 5. The van der Waals surface area contributed by atoms with Crippen molar-refractivity contribution >= 4 is 5.69 Å². The van der Waals surface area contributed by atoms with E-state index in [-0.39, 0.29) is 12.2 Å². The van der Waals surface area contributed by atoms with Gasteiger partial charge in [0.25, 0.3) is 0 Å². The fraction of sp³-hybridized carbons (Fsp3) is 0.267. The van der Waals surface area contributed by atoms with Gasteiger partial charge in [0.15, 0.2) is 0 Å². The average Bonchev–Trinajstić information content (AvgIpc) is 2.45. The highest BCUT2D eigenvalue weighted by atomic mass is 19.1. The zero-order valence-electron chi connectivity index (χ0n) is 11.3. The molecule has 20 heavy (non-hydrogen) atoms. The summed E-state index contributed by atoms with van der Waals surface area (Å²) in [6, 6.07) is 6.33. The summed E-state index contributed by atoms with van der Waals surface area (Å²) in [5, 5.41) is 0. The minimum absolute atomic E-state index is 0.0174. The Labute approximate surface area is 117 Å². The van der Waals surface area contributed by atoms with Gasteiger partial charge in [-0.1, -0.05) is 0 Å². The lowest BCUT2D eigenvalue weighted by molar-refractivity contribution is 0.573. The first-order valence-corrected chi connectivity index (χ1v) is 6.40. The number of halogens is 2. The van der Waals surface area contributed by atoms with Gasteiger partial charge in [0.2, 0.25) is 0 Å². The molecule has 0 spiro atoms. The summed E-state index contributed by atoms with van der Waals surface area (Å²) in [5.74, 6) is -1.16. The van der Waals surface area contributed by atoms with Crippen LogP contribution in [-0.2, 0) is 13.0 Å². The Bertz CT molecular complexity index is 550. The number of likely N-dealkylation sites (N-methyl/N-ethyl adjacent to an activating group) is 1. The summed E-state index contributed by atoms with van der Waals surface area (Å²) in [5.41, 5.74) is 6.90. The first-order chi connectivity index (χ1) is 9.61. The predicted octanol–water partition coefficient (Wildman–Crippen LogP) is 2.50. The van der Waals surface area contributed by atoms with Crippen molar-refractivity contribution in [3.63, 3.8) is 0 Å². The van der Waals surface area contributed by atoms with Crippen molar-refractivity contribution in [1.82, 2.24) is 4.98 Å². The molecule has 0 aliphatic carbocycles. The Morgan fingerprint density at radius 3 is 2.25 bits per heavy atom. The number of aromatic nitrogens is 1. The van der Waals surface area contributed by atoms with Gasteiger partial charge in [-0.15, -0.1) is 0 Å². The molecule has 2 aromatic rings. The molecule has 0 aliphatic rings. The van der Waals surface area contributed by atoms with E-state index in [9.17, 15) is 8.78 Å². The van der Waals surface area contributed by atoms with Crippen molar-refractivity contribution in [3.05, 3.63) is 59.4 Å². The van der Waals surface area contributed by atoms with Crippen molar-refractivity contribution < 1.29 is 8.78 Å². The number of hydrogen-bond donors (Lipinski definition) is 1. The topological polar surface area (TPSA) is 42.2 Å². The standard InChI is InChI=1S/C15H17F2N3/c1-20(7-4-11-2-5-19-6-3-11)15-13(16)8-12(10-18)9-14(15)17/h2-3,5-6,8-9H,4,7,10,18H2,1H3. The SMILES string of the molecule is CN(CCc1ccncc1)c1c(F)cc(CN)cc1F. The van der Waals surface area contributed by atoms with E-state index < -0.39 is 11.6 Å². The van der Waals surface area contributed by atoms with Crippen LogP contribution in [0.3, 0.4) is 0 Å². The molecule has 0 amide bonds. The Morgan fingerprint density at radius 2 is 1.70 bits per heavy atom. The zero-order chi connectivity index (χ0) is 14.5. The highest BCUT2D eigenvalue weighted by Crippen LogP contribution is 2.24. The van der Waals surface area contributed by atoms with Gasteiger partial charge in [-0.25, -0.2) is 8.78 Å². The first kappa shape index (κ1) is 14.4. The maximum absolute atomic E-state index is 13.9. The average molecular weight is 277 g/mol. The van der Waals surface area contributed by atoms with Gasteiger partial charge in [-0.2, -0.15) is 0 Å². The maximum Gasteiger partial charge on any atom is 0.149 e. The Kier molecular flexibility index (Phi) is 4.63. The molecule has 5 heteroatoms. The molecule has 0 saturated carbocycles. The summed E-state index contributed by atoms with van der Waals surface area (Å²) in [7, 11) is 1.67. The van der Waals surface area contributed by atoms with E-state index in [2.05, 4.69) is 4.98 Å². The number of nitrogens with two attached hydrogens (primary N) is 1. The third-order valence-electron chi connectivity index (χ3n) is 3.18. The molecule has 0 saturated heterocycles. The molecule has 3 nitrogen and oxygen atoms in total. The van der Waals surface area contributed by atoms with Gasteiger partial charge < -0.3 is 10.6 Å². The zero-order valence-corrected chi connectivity index (χ0v) is 11.3. The van der Waals surface area contributed by atoms with E-state index >= 15 is 0 Å². The van der Waals surface area contributed by atoms with E-state index in [1.807, 2.05) is 12.1 Å². The van der Waals surface area contributed by atoms with Crippen LogP contribution in [0, 0.1) is 11.6 Å². The lowest BCUT2D eigenvalue weighted by Crippen LogP contribution is -2.23. The van der Waals surface area contributed by atoms with Gasteiger partial charge in [-0.05, 0) is 41.8 Å². The molecule has 0 aliphatic heterocycles. The lowest BCUT2D eigenvalue weighted by Gasteiger charge is -2.21. The Hall–Kier alpha value is -2.01. The molecular weight excluding hydrogens is 260 g/mol. The molecule has 0 atom stereocenters. The Morgan fingerprint density at radius 1 is 1.10 bits per heavy atom. The van der Waals surface area contributed by atoms with E-state index in [0.717, 1.165) is 5.56 Å². The summed E-state index contributed by atoms with van der Waals surface area (Å²) in [4.78, 5) is 5.51. The molecule has 2 N–H and O–H groups in total. The fourth-order valence-electron chi connectivity index (χ4n) is 2.06. The predicted molar refractivity (Wildman–Crippen MR) is 75.5 cm³/mol. The highest BCUT2D eigenvalue weighted by Gasteiger charge is 2.14. The van der Waals surface area contributed by atoms with Crippen molar-refractivity contribution in [2.24, 2.45) is 5.73 Å². The molecule has 106 valence electrons. The molecule has 0 radical (unpaired) electrons. The third-order valence-corrected chi connectivity index (χ3v) is 3.18.